The van der Waals surface area contributed by atoms with Gasteiger partial charge in [0, 0.05) is 12.2 Å². The maximum Gasteiger partial charge on any atom is 0.202 e. The van der Waals surface area contributed by atoms with Gasteiger partial charge in [0.1, 0.15) is 17.8 Å². The van der Waals surface area contributed by atoms with Crippen LogP contribution in [0.25, 0.3) is 0 Å². The molecule has 1 fully saturated rings. The minimum Gasteiger partial charge on any atom is -0.359 e. The molecule has 0 amide bonds. The van der Waals surface area contributed by atoms with Gasteiger partial charge < -0.3 is 4.74 Å². The minimum atomic E-state index is -1.94. The third-order valence-electron chi connectivity index (χ3n) is 4.05. The van der Waals surface area contributed by atoms with Crippen molar-refractivity contribution >= 4 is 5.78 Å². The number of carbonyl (C=O) groups excluding carboxylic acids is 1. The molecule has 1 aliphatic rings. The molecule has 2 atom stereocenters. The zero-order chi connectivity index (χ0) is 16.4. The fourth-order valence-corrected chi connectivity index (χ4v) is 2.96. The van der Waals surface area contributed by atoms with Crippen molar-refractivity contribution in [2.24, 2.45) is 0 Å². The summed E-state index contributed by atoms with van der Waals surface area (Å²) in [4.78, 5) is 12.9. The number of hydrogen-bond donors (Lipinski definition) is 0. The van der Waals surface area contributed by atoms with Crippen LogP contribution in [-0.2, 0) is 10.3 Å². The van der Waals surface area contributed by atoms with Gasteiger partial charge in [-0.15, -0.1) is 0 Å². The number of benzene rings is 2. The molecule has 1 aliphatic heterocycles. The number of ketones is 1. The van der Waals surface area contributed by atoms with Gasteiger partial charge in [0.15, 0.2) is 5.60 Å². The molecule has 0 aromatic heterocycles. The second kappa shape index (κ2) is 6.16. The van der Waals surface area contributed by atoms with E-state index < -0.39 is 29.2 Å². The number of halogens is 3. The monoisotopic (exact) mass is 320 g/mol. The predicted molar refractivity (Wildman–Crippen MR) is 78.9 cm³/mol. The van der Waals surface area contributed by atoms with E-state index in [9.17, 15) is 18.0 Å². The Morgan fingerprint density at radius 1 is 1.09 bits per heavy atom. The Morgan fingerprint density at radius 3 is 2.43 bits per heavy atom. The molecule has 0 bridgehead atoms. The fourth-order valence-electron chi connectivity index (χ4n) is 2.96. The maximum atomic E-state index is 14.8. The van der Waals surface area contributed by atoms with Crippen molar-refractivity contribution in [1.82, 2.24) is 0 Å². The summed E-state index contributed by atoms with van der Waals surface area (Å²) in [5.74, 6) is -1.89. The zero-order valence-electron chi connectivity index (χ0n) is 12.3. The van der Waals surface area contributed by atoms with Crippen LogP contribution in [0.3, 0.4) is 0 Å². The maximum absolute atomic E-state index is 14.8. The first-order chi connectivity index (χ1) is 11.0. The highest BCUT2D eigenvalue weighted by molar-refractivity contribution is 6.03. The zero-order valence-corrected chi connectivity index (χ0v) is 12.3. The molecular formula is C18H15F3O2. The molecule has 2 nitrogen and oxygen atoms in total. The average molecular weight is 320 g/mol. The lowest BCUT2D eigenvalue weighted by Crippen LogP contribution is -2.50. The van der Waals surface area contributed by atoms with Gasteiger partial charge in [-0.05, 0) is 42.7 Å². The van der Waals surface area contributed by atoms with Crippen molar-refractivity contribution in [3.63, 3.8) is 0 Å². The molecule has 3 rings (SSSR count). The Hall–Kier alpha value is -2.14. The summed E-state index contributed by atoms with van der Waals surface area (Å²) in [6.07, 6.45) is -1.04. The van der Waals surface area contributed by atoms with Crippen LogP contribution in [-0.4, -0.2) is 18.6 Å². The molecule has 120 valence electrons. The summed E-state index contributed by atoms with van der Waals surface area (Å²) in [7, 11) is 0. The Morgan fingerprint density at radius 2 is 1.78 bits per heavy atom. The molecule has 1 saturated heterocycles. The summed E-state index contributed by atoms with van der Waals surface area (Å²) in [6.45, 7) is 0.179. The molecule has 23 heavy (non-hydrogen) atoms. The smallest absolute Gasteiger partial charge is 0.202 e. The van der Waals surface area contributed by atoms with Crippen molar-refractivity contribution in [1.29, 1.82) is 0 Å². The van der Waals surface area contributed by atoms with Crippen molar-refractivity contribution in [2.75, 3.05) is 6.61 Å². The SMILES string of the molecule is O=C(c1cccc(F)c1)[C@]1(c2cccc(F)c2)OCCC[C@@H]1F. The van der Waals surface area contributed by atoms with Gasteiger partial charge in [0.25, 0.3) is 0 Å². The van der Waals surface area contributed by atoms with Crippen molar-refractivity contribution < 1.29 is 22.7 Å². The highest BCUT2D eigenvalue weighted by Gasteiger charge is 2.51. The van der Waals surface area contributed by atoms with Gasteiger partial charge >= 0.3 is 0 Å². The third-order valence-corrected chi connectivity index (χ3v) is 4.05. The van der Waals surface area contributed by atoms with Crippen LogP contribution in [0.2, 0.25) is 0 Å². The lowest BCUT2D eigenvalue weighted by atomic mass is 9.79. The first-order valence-corrected chi connectivity index (χ1v) is 7.38. The largest absolute Gasteiger partial charge is 0.359 e. The molecule has 0 saturated carbocycles. The summed E-state index contributed by atoms with van der Waals surface area (Å²) < 4.78 is 47.4. The second-order valence-corrected chi connectivity index (χ2v) is 5.54. The van der Waals surface area contributed by atoms with Gasteiger partial charge in [-0.25, -0.2) is 13.2 Å². The first-order valence-electron chi connectivity index (χ1n) is 7.38. The highest BCUT2D eigenvalue weighted by Crippen LogP contribution is 2.40. The van der Waals surface area contributed by atoms with E-state index in [1.807, 2.05) is 0 Å². The van der Waals surface area contributed by atoms with Crippen LogP contribution in [0, 0.1) is 11.6 Å². The van der Waals surface area contributed by atoms with Crippen LogP contribution < -0.4 is 0 Å². The van der Waals surface area contributed by atoms with E-state index in [0.717, 1.165) is 12.1 Å². The number of hydrogen-bond acceptors (Lipinski definition) is 2. The first kappa shape index (κ1) is 15.7. The van der Waals surface area contributed by atoms with Gasteiger partial charge in [0.2, 0.25) is 5.78 Å². The average Bonchev–Trinajstić information content (AvgIpc) is 2.55. The predicted octanol–water partition coefficient (Wildman–Crippen LogP) is 4.19. The Balaban J connectivity index is 2.14. The van der Waals surface area contributed by atoms with E-state index >= 15 is 0 Å². The van der Waals surface area contributed by atoms with E-state index in [0.29, 0.717) is 6.42 Å². The van der Waals surface area contributed by atoms with Crippen LogP contribution in [0.15, 0.2) is 48.5 Å². The molecule has 2 aromatic carbocycles. The van der Waals surface area contributed by atoms with E-state index in [4.69, 9.17) is 4.74 Å². The standard InChI is InChI=1S/C18H15F3O2/c19-14-6-1-4-12(10-14)17(22)18(16(21)8-3-9-23-18)13-5-2-7-15(20)11-13/h1-2,4-7,10-11,16H,3,8-9H2/t16-,18+/m0/s1. The number of alkyl halides is 1. The lowest BCUT2D eigenvalue weighted by molar-refractivity contribution is -0.104. The molecular weight excluding hydrogens is 305 g/mol. The number of carbonyl (C=O) groups is 1. The minimum absolute atomic E-state index is 0.00110. The van der Waals surface area contributed by atoms with Crippen molar-refractivity contribution in [3.8, 4) is 0 Å². The third kappa shape index (κ3) is 2.77. The van der Waals surface area contributed by atoms with Gasteiger partial charge in [0.05, 0.1) is 0 Å². The lowest BCUT2D eigenvalue weighted by Gasteiger charge is -2.39. The molecule has 0 aliphatic carbocycles. The Bertz CT molecular complexity index is 732. The normalized spacial score (nSPS) is 24.4. The molecule has 0 N–H and O–H groups in total. The summed E-state index contributed by atoms with van der Waals surface area (Å²) in [6, 6.07) is 10.2. The molecule has 2 aromatic rings. The molecule has 1 heterocycles. The van der Waals surface area contributed by atoms with E-state index in [1.165, 1.54) is 36.4 Å². The Kier molecular flexibility index (Phi) is 4.22. The number of ether oxygens (including phenoxy) is 1. The van der Waals surface area contributed by atoms with E-state index in [1.54, 1.807) is 0 Å². The Labute approximate surface area is 131 Å². The van der Waals surface area contributed by atoms with Crippen LogP contribution >= 0.6 is 0 Å². The van der Waals surface area contributed by atoms with E-state index in [2.05, 4.69) is 0 Å². The molecule has 0 radical (unpaired) electrons. The molecule has 0 unspecified atom stereocenters. The van der Waals surface area contributed by atoms with E-state index in [-0.39, 0.29) is 24.2 Å². The van der Waals surface area contributed by atoms with Gasteiger partial charge in [-0.2, -0.15) is 0 Å². The van der Waals surface area contributed by atoms with Crippen LogP contribution in [0.1, 0.15) is 28.8 Å². The van der Waals surface area contributed by atoms with Crippen LogP contribution in [0.4, 0.5) is 13.2 Å². The topological polar surface area (TPSA) is 26.3 Å². The highest BCUT2D eigenvalue weighted by atomic mass is 19.1. The summed E-state index contributed by atoms with van der Waals surface area (Å²) in [5, 5.41) is 0. The number of Topliss-reactive ketones (excluding diaryl/α,β-unsaturated/α-hetero) is 1. The van der Waals surface area contributed by atoms with Crippen LogP contribution in [0.5, 0.6) is 0 Å². The molecule has 5 heteroatoms. The van der Waals surface area contributed by atoms with Gasteiger partial charge in [-0.3, -0.25) is 4.79 Å². The molecule has 0 spiro atoms. The quantitative estimate of drug-likeness (QED) is 0.793. The van der Waals surface area contributed by atoms with Crippen molar-refractivity contribution in [3.05, 3.63) is 71.3 Å². The second-order valence-electron chi connectivity index (χ2n) is 5.54. The van der Waals surface area contributed by atoms with Crippen molar-refractivity contribution in [2.45, 2.75) is 24.6 Å². The summed E-state index contributed by atoms with van der Waals surface area (Å²) in [5.41, 5.74) is -1.83. The van der Waals surface area contributed by atoms with Gasteiger partial charge in [-0.1, -0.05) is 24.3 Å². The number of rotatable bonds is 3. The summed E-state index contributed by atoms with van der Waals surface area (Å²) >= 11 is 0. The fraction of sp³-hybridized carbons (Fsp3) is 0.278.